The molecule has 0 amide bonds. The van der Waals surface area contributed by atoms with Crippen molar-refractivity contribution in [3.63, 3.8) is 0 Å². The monoisotopic (exact) mass is 172 g/mol. The first-order chi connectivity index (χ1) is 5.83. The van der Waals surface area contributed by atoms with E-state index < -0.39 is 0 Å². The highest BCUT2D eigenvalue weighted by Gasteiger charge is 2.15. The van der Waals surface area contributed by atoms with Gasteiger partial charge in [0, 0.05) is 0 Å². The van der Waals surface area contributed by atoms with Crippen LogP contribution in [0.1, 0.15) is 26.7 Å². The predicted octanol–water partition coefficient (Wildman–Crippen LogP) is 2.12. The normalized spacial score (nSPS) is 19.6. The summed E-state index contributed by atoms with van der Waals surface area (Å²) in [4.78, 5) is 12.2. The van der Waals surface area contributed by atoms with Gasteiger partial charge < -0.3 is 4.90 Å². The minimum Gasteiger partial charge on any atom is -0.306 e. The molecule has 0 aromatic rings. The number of nitrogens with zero attached hydrogens (tertiary/aromatic N) is 2. The van der Waals surface area contributed by atoms with Crippen molar-refractivity contribution >= 4 is 0 Å². The average Bonchev–Trinajstić information content (AvgIpc) is 2.13. The van der Waals surface area contributed by atoms with Crippen molar-refractivity contribution in [2.45, 2.75) is 26.7 Å². The first-order valence-corrected chi connectivity index (χ1v) is 4.80. The predicted molar refractivity (Wildman–Crippen MR) is 52.2 cm³/mol. The topological polar surface area (TPSA) is 32.7 Å². The van der Waals surface area contributed by atoms with Crippen LogP contribution < -0.4 is 0 Å². The lowest BCUT2D eigenvalue weighted by Crippen LogP contribution is -2.31. The van der Waals surface area contributed by atoms with Crippen LogP contribution >= 0.6 is 0 Å². The lowest BCUT2D eigenvalue weighted by Gasteiger charge is -2.26. The summed E-state index contributed by atoms with van der Waals surface area (Å²) < 4.78 is 0. The first-order valence-electron chi connectivity index (χ1n) is 4.80. The first kappa shape index (κ1) is 11.6. The van der Waals surface area contributed by atoms with Gasteiger partial charge in [-0.05, 0) is 38.9 Å². The zero-order valence-corrected chi connectivity index (χ0v) is 8.42. The summed E-state index contributed by atoms with van der Waals surface area (Å²) in [5.74, 6) is 0.564. The molecule has 3 heteroatoms. The molecule has 3 nitrogen and oxygen atoms in total. The maximum Gasteiger partial charge on any atom is 0.0840 e. The fourth-order valence-corrected chi connectivity index (χ4v) is 1.35. The smallest absolute Gasteiger partial charge is 0.0840 e. The van der Waals surface area contributed by atoms with Gasteiger partial charge in [-0.25, -0.2) is 0 Å². The van der Waals surface area contributed by atoms with E-state index in [0.717, 1.165) is 25.9 Å². The standard InChI is InChI=1S/C7H14N2O.C2H6/c1-9-4-2-7(3-5-9)6-8-10;1-2/h7H,2-6H2,1H3;1-2H3. The Balaban J connectivity index is 0.000000561. The molecule has 0 N–H and O–H groups in total. The molecule has 1 rings (SSSR count). The Morgan fingerprint density at radius 1 is 1.33 bits per heavy atom. The van der Waals surface area contributed by atoms with E-state index in [4.69, 9.17) is 0 Å². The quantitative estimate of drug-likeness (QED) is 0.598. The lowest BCUT2D eigenvalue weighted by molar-refractivity contribution is 0.223. The van der Waals surface area contributed by atoms with Crippen LogP contribution in [0, 0.1) is 10.8 Å². The highest BCUT2D eigenvalue weighted by molar-refractivity contribution is 4.70. The van der Waals surface area contributed by atoms with Gasteiger partial charge in [-0.3, -0.25) is 0 Å². The molecule has 0 bridgehead atoms. The van der Waals surface area contributed by atoms with E-state index in [1.807, 2.05) is 13.8 Å². The molecule has 0 radical (unpaired) electrons. The van der Waals surface area contributed by atoms with Crippen LogP contribution in [0.3, 0.4) is 0 Å². The van der Waals surface area contributed by atoms with Gasteiger partial charge in [0.15, 0.2) is 0 Å². The Hall–Kier alpha value is -0.440. The van der Waals surface area contributed by atoms with Gasteiger partial charge in [0.2, 0.25) is 0 Å². The van der Waals surface area contributed by atoms with Crippen LogP contribution in [-0.2, 0) is 0 Å². The van der Waals surface area contributed by atoms with Gasteiger partial charge in [-0.15, -0.1) is 0 Å². The third-order valence-electron chi connectivity index (χ3n) is 2.17. The fourth-order valence-electron chi connectivity index (χ4n) is 1.35. The molecule has 0 aromatic heterocycles. The SMILES string of the molecule is CC.CN1CCC(CN=O)CC1. The molecule has 0 aliphatic carbocycles. The number of rotatable bonds is 2. The Labute approximate surface area is 75.1 Å². The van der Waals surface area contributed by atoms with E-state index in [1.165, 1.54) is 0 Å². The van der Waals surface area contributed by atoms with Gasteiger partial charge in [0.25, 0.3) is 0 Å². The second kappa shape index (κ2) is 7.22. The summed E-state index contributed by atoms with van der Waals surface area (Å²) in [6.07, 6.45) is 2.28. The summed E-state index contributed by atoms with van der Waals surface area (Å²) >= 11 is 0. The molecule has 1 aliphatic rings. The molecule has 72 valence electrons. The molecule has 1 saturated heterocycles. The van der Waals surface area contributed by atoms with Gasteiger partial charge in [-0.1, -0.05) is 19.0 Å². The van der Waals surface area contributed by atoms with Crippen molar-refractivity contribution in [3.05, 3.63) is 4.91 Å². The third kappa shape index (κ3) is 4.44. The Morgan fingerprint density at radius 3 is 2.25 bits per heavy atom. The second-order valence-corrected chi connectivity index (χ2v) is 3.06. The van der Waals surface area contributed by atoms with Gasteiger partial charge in [0.05, 0.1) is 6.54 Å². The van der Waals surface area contributed by atoms with Crippen LogP contribution in [-0.4, -0.2) is 31.6 Å². The largest absolute Gasteiger partial charge is 0.306 e. The third-order valence-corrected chi connectivity index (χ3v) is 2.17. The van der Waals surface area contributed by atoms with Crippen molar-refractivity contribution in [2.24, 2.45) is 11.1 Å². The molecule has 1 heterocycles. The zero-order valence-electron chi connectivity index (χ0n) is 8.42. The highest BCUT2D eigenvalue weighted by atomic mass is 16.3. The summed E-state index contributed by atoms with van der Waals surface area (Å²) in [5, 5.41) is 2.92. The highest BCUT2D eigenvalue weighted by Crippen LogP contribution is 2.15. The van der Waals surface area contributed by atoms with E-state index in [-0.39, 0.29) is 0 Å². The minimum atomic E-state index is 0.522. The Kier molecular flexibility index (Phi) is 6.96. The Bertz CT molecular complexity index is 109. The van der Waals surface area contributed by atoms with Crippen LogP contribution in [0.25, 0.3) is 0 Å². The molecule has 0 atom stereocenters. The molecule has 0 saturated carbocycles. The minimum absolute atomic E-state index is 0.522. The molecule has 12 heavy (non-hydrogen) atoms. The molecule has 1 aliphatic heterocycles. The fraction of sp³-hybridized carbons (Fsp3) is 1.00. The van der Waals surface area contributed by atoms with Gasteiger partial charge in [0.1, 0.15) is 0 Å². The van der Waals surface area contributed by atoms with Crippen LogP contribution in [0.4, 0.5) is 0 Å². The zero-order chi connectivity index (χ0) is 9.40. The second-order valence-electron chi connectivity index (χ2n) is 3.06. The van der Waals surface area contributed by atoms with Crippen molar-refractivity contribution < 1.29 is 0 Å². The van der Waals surface area contributed by atoms with E-state index in [0.29, 0.717) is 12.5 Å². The van der Waals surface area contributed by atoms with Gasteiger partial charge in [-0.2, -0.15) is 4.91 Å². The van der Waals surface area contributed by atoms with Crippen molar-refractivity contribution in [1.82, 2.24) is 4.90 Å². The number of hydrogen-bond acceptors (Lipinski definition) is 3. The number of nitroso groups, excluding NO2 is 1. The Morgan fingerprint density at radius 2 is 1.83 bits per heavy atom. The number of likely N-dealkylation sites (tertiary alicyclic amines) is 1. The molecular formula is C9H20N2O. The van der Waals surface area contributed by atoms with Crippen LogP contribution in [0.5, 0.6) is 0 Å². The number of hydrogen-bond donors (Lipinski definition) is 0. The lowest BCUT2D eigenvalue weighted by atomic mass is 9.98. The summed E-state index contributed by atoms with van der Waals surface area (Å²) in [7, 11) is 2.12. The van der Waals surface area contributed by atoms with E-state index in [2.05, 4.69) is 17.1 Å². The van der Waals surface area contributed by atoms with Crippen LogP contribution in [0.2, 0.25) is 0 Å². The van der Waals surface area contributed by atoms with Crippen LogP contribution in [0.15, 0.2) is 5.18 Å². The van der Waals surface area contributed by atoms with Crippen molar-refractivity contribution in [3.8, 4) is 0 Å². The molecular weight excluding hydrogens is 152 g/mol. The maximum absolute atomic E-state index is 9.89. The average molecular weight is 172 g/mol. The summed E-state index contributed by atoms with van der Waals surface area (Å²) in [6.45, 7) is 6.77. The molecule has 0 unspecified atom stereocenters. The van der Waals surface area contributed by atoms with Crippen molar-refractivity contribution in [1.29, 1.82) is 0 Å². The number of piperidine rings is 1. The van der Waals surface area contributed by atoms with E-state index >= 15 is 0 Å². The molecule has 1 fully saturated rings. The van der Waals surface area contributed by atoms with Crippen molar-refractivity contribution in [2.75, 3.05) is 26.7 Å². The van der Waals surface area contributed by atoms with E-state index in [1.54, 1.807) is 0 Å². The molecule has 0 aromatic carbocycles. The van der Waals surface area contributed by atoms with Gasteiger partial charge >= 0.3 is 0 Å². The molecule has 0 spiro atoms. The maximum atomic E-state index is 9.89. The summed E-state index contributed by atoms with van der Waals surface area (Å²) in [6, 6.07) is 0. The van der Waals surface area contributed by atoms with E-state index in [9.17, 15) is 4.91 Å². The summed E-state index contributed by atoms with van der Waals surface area (Å²) in [5.41, 5.74) is 0.